The summed E-state index contributed by atoms with van der Waals surface area (Å²) in [6.45, 7) is 6.35. The van der Waals surface area contributed by atoms with Gasteiger partial charge in [0.1, 0.15) is 0 Å². The van der Waals surface area contributed by atoms with Crippen molar-refractivity contribution in [2.45, 2.75) is 39.3 Å². The predicted molar refractivity (Wildman–Crippen MR) is 69.5 cm³/mol. The molecular formula is C14H22N2. The highest BCUT2D eigenvalue weighted by molar-refractivity contribution is 5.49. The van der Waals surface area contributed by atoms with E-state index in [0.717, 1.165) is 18.5 Å². The monoisotopic (exact) mass is 218 g/mol. The van der Waals surface area contributed by atoms with Crippen molar-refractivity contribution in [2.75, 3.05) is 11.4 Å². The van der Waals surface area contributed by atoms with Gasteiger partial charge in [-0.3, -0.25) is 0 Å². The Kier molecular flexibility index (Phi) is 3.49. The van der Waals surface area contributed by atoms with Gasteiger partial charge in [0.05, 0.1) is 0 Å². The quantitative estimate of drug-likeness (QED) is 0.823. The first-order valence-corrected chi connectivity index (χ1v) is 6.26. The minimum absolute atomic E-state index is 0.633. The molecule has 0 atom stereocenters. The summed E-state index contributed by atoms with van der Waals surface area (Å²) in [7, 11) is 0. The average Bonchev–Trinajstić information content (AvgIpc) is 3.10. The van der Waals surface area contributed by atoms with Crippen LogP contribution in [-0.4, -0.2) is 12.6 Å². The Balaban J connectivity index is 2.11. The van der Waals surface area contributed by atoms with Crippen molar-refractivity contribution in [3.05, 3.63) is 29.8 Å². The average molecular weight is 218 g/mol. The van der Waals surface area contributed by atoms with E-state index < -0.39 is 0 Å². The summed E-state index contributed by atoms with van der Waals surface area (Å²) in [5.41, 5.74) is 8.18. The maximum Gasteiger partial charge on any atom is 0.0368 e. The summed E-state index contributed by atoms with van der Waals surface area (Å²) in [5.74, 6) is 0.717. The van der Waals surface area contributed by atoms with E-state index >= 15 is 0 Å². The minimum Gasteiger partial charge on any atom is -0.368 e. The zero-order valence-corrected chi connectivity index (χ0v) is 10.3. The van der Waals surface area contributed by atoms with Gasteiger partial charge in [-0.25, -0.2) is 0 Å². The Morgan fingerprint density at radius 3 is 2.31 bits per heavy atom. The smallest absolute Gasteiger partial charge is 0.0368 e. The molecule has 1 saturated carbocycles. The predicted octanol–water partition coefficient (Wildman–Crippen LogP) is 2.77. The first-order chi connectivity index (χ1) is 7.70. The molecule has 1 fully saturated rings. The molecule has 2 N–H and O–H groups in total. The van der Waals surface area contributed by atoms with Crippen molar-refractivity contribution in [2.24, 2.45) is 11.7 Å². The van der Waals surface area contributed by atoms with Gasteiger partial charge in [0.25, 0.3) is 0 Å². The normalized spacial score (nSPS) is 15.5. The molecule has 1 aromatic carbocycles. The molecule has 2 heteroatoms. The zero-order valence-electron chi connectivity index (χ0n) is 10.3. The fourth-order valence-electron chi connectivity index (χ4n) is 2.07. The Labute approximate surface area is 98.4 Å². The highest BCUT2D eigenvalue weighted by atomic mass is 15.2. The van der Waals surface area contributed by atoms with Crippen LogP contribution in [-0.2, 0) is 6.54 Å². The van der Waals surface area contributed by atoms with Gasteiger partial charge in [0.2, 0.25) is 0 Å². The molecule has 16 heavy (non-hydrogen) atoms. The van der Waals surface area contributed by atoms with Crippen LogP contribution in [0.4, 0.5) is 5.69 Å². The van der Waals surface area contributed by atoms with E-state index in [4.69, 9.17) is 5.73 Å². The van der Waals surface area contributed by atoms with Gasteiger partial charge in [-0.05, 0) is 36.5 Å². The van der Waals surface area contributed by atoms with Crippen LogP contribution in [0.25, 0.3) is 0 Å². The lowest BCUT2D eigenvalue weighted by atomic mass is 10.1. The van der Waals surface area contributed by atoms with Crippen LogP contribution in [0.5, 0.6) is 0 Å². The molecule has 0 radical (unpaired) electrons. The maximum absolute atomic E-state index is 5.62. The number of hydrogen-bond acceptors (Lipinski definition) is 2. The first kappa shape index (κ1) is 11.5. The molecule has 0 heterocycles. The summed E-state index contributed by atoms with van der Waals surface area (Å²) in [6, 6.07) is 9.49. The Bertz CT molecular complexity index is 325. The van der Waals surface area contributed by atoms with E-state index in [1.54, 1.807) is 0 Å². The van der Waals surface area contributed by atoms with Crippen LogP contribution in [0.3, 0.4) is 0 Å². The van der Waals surface area contributed by atoms with Crippen molar-refractivity contribution in [1.29, 1.82) is 0 Å². The topological polar surface area (TPSA) is 29.3 Å². The summed E-state index contributed by atoms with van der Waals surface area (Å²) in [4.78, 5) is 2.55. The molecule has 0 unspecified atom stereocenters. The van der Waals surface area contributed by atoms with Crippen molar-refractivity contribution in [1.82, 2.24) is 0 Å². The van der Waals surface area contributed by atoms with Gasteiger partial charge >= 0.3 is 0 Å². The molecule has 88 valence electrons. The largest absolute Gasteiger partial charge is 0.368 e. The van der Waals surface area contributed by atoms with E-state index in [0.29, 0.717) is 6.54 Å². The van der Waals surface area contributed by atoms with E-state index in [9.17, 15) is 0 Å². The third kappa shape index (κ3) is 2.76. The molecule has 1 aromatic rings. The van der Waals surface area contributed by atoms with Gasteiger partial charge in [-0.2, -0.15) is 0 Å². The molecule has 0 spiro atoms. The summed E-state index contributed by atoms with van der Waals surface area (Å²) in [5, 5.41) is 0. The second-order valence-corrected chi connectivity index (χ2v) is 5.15. The number of rotatable bonds is 5. The number of hydrogen-bond donors (Lipinski definition) is 1. The molecular weight excluding hydrogens is 196 g/mol. The lowest BCUT2D eigenvalue weighted by Gasteiger charge is -2.26. The molecule has 0 amide bonds. The van der Waals surface area contributed by atoms with Crippen LogP contribution < -0.4 is 10.6 Å². The number of anilines is 1. The van der Waals surface area contributed by atoms with Gasteiger partial charge in [0.15, 0.2) is 0 Å². The second-order valence-electron chi connectivity index (χ2n) is 5.15. The van der Waals surface area contributed by atoms with Crippen molar-refractivity contribution in [3.63, 3.8) is 0 Å². The molecule has 0 saturated heterocycles. The fourth-order valence-corrected chi connectivity index (χ4v) is 2.07. The SMILES string of the molecule is CC(C)CN(c1ccc(CN)cc1)C1CC1. The Hall–Kier alpha value is -1.02. The van der Waals surface area contributed by atoms with Gasteiger partial charge in [-0.1, -0.05) is 26.0 Å². The highest BCUT2D eigenvalue weighted by Crippen LogP contribution is 2.32. The zero-order chi connectivity index (χ0) is 11.5. The van der Waals surface area contributed by atoms with Gasteiger partial charge in [-0.15, -0.1) is 0 Å². The lowest BCUT2D eigenvalue weighted by molar-refractivity contribution is 0.607. The Morgan fingerprint density at radius 1 is 1.25 bits per heavy atom. The van der Waals surface area contributed by atoms with E-state index in [-0.39, 0.29) is 0 Å². The van der Waals surface area contributed by atoms with Crippen LogP contribution in [0.1, 0.15) is 32.3 Å². The molecule has 0 bridgehead atoms. The number of benzene rings is 1. The highest BCUT2D eigenvalue weighted by Gasteiger charge is 2.29. The van der Waals surface area contributed by atoms with Crippen LogP contribution >= 0.6 is 0 Å². The second kappa shape index (κ2) is 4.88. The van der Waals surface area contributed by atoms with Crippen LogP contribution in [0.2, 0.25) is 0 Å². The Morgan fingerprint density at radius 2 is 1.88 bits per heavy atom. The number of nitrogens with two attached hydrogens (primary N) is 1. The minimum atomic E-state index is 0.633. The maximum atomic E-state index is 5.62. The van der Waals surface area contributed by atoms with Gasteiger partial charge in [0, 0.05) is 24.8 Å². The van der Waals surface area contributed by atoms with Crippen LogP contribution in [0, 0.1) is 5.92 Å². The summed E-state index contributed by atoms with van der Waals surface area (Å²) >= 11 is 0. The van der Waals surface area contributed by atoms with Crippen LogP contribution in [0.15, 0.2) is 24.3 Å². The van der Waals surface area contributed by atoms with Crippen molar-refractivity contribution >= 4 is 5.69 Å². The molecule has 1 aliphatic carbocycles. The third-order valence-electron chi connectivity index (χ3n) is 3.05. The number of nitrogens with zero attached hydrogens (tertiary/aromatic N) is 1. The summed E-state index contributed by atoms with van der Waals surface area (Å²) in [6.07, 6.45) is 2.71. The standard InChI is InChI=1S/C14H22N2/c1-11(2)10-16(14-7-8-14)13-5-3-12(9-15)4-6-13/h3-6,11,14H,7-10,15H2,1-2H3. The third-order valence-corrected chi connectivity index (χ3v) is 3.05. The fraction of sp³-hybridized carbons (Fsp3) is 0.571. The first-order valence-electron chi connectivity index (χ1n) is 6.26. The van der Waals surface area contributed by atoms with E-state index in [1.165, 1.54) is 24.1 Å². The lowest BCUT2D eigenvalue weighted by Crippen LogP contribution is -2.29. The van der Waals surface area contributed by atoms with Crippen molar-refractivity contribution in [3.8, 4) is 0 Å². The molecule has 2 nitrogen and oxygen atoms in total. The summed E-state index contributed by atoms with van der Waals surface area (Å²) < 4.78 is 0. The molecule has 0 aliphatic heterocycles. The van der Waals surface area contributed by atoms with E-state index in [2.05, 4.69) is 43.0 Å². The molecule has 0 aromatic heterocycles. The van der Waals surface area contributed by atoms with E-state index in [1.807, 2.05) is 0 Å². The van der Waals surface area contributed by atoms with Gasteiger partial charge < -0.3 is 10.6 Å². The van der Waals surface area contributed by atoms with Crippen molar-refractivity contribution < 1.29 is 0 Å². The molecule has 2 rings (SSSR count). The molecule has 1 aliphatic rings.